The van der Waals surface area contributed by atoms with E-state index >= 15 is 0 Å². The van der Waals surface area contributed by atoms with E-state index in [0.29, 0.717) is 25.6 Å². The van der Waals surface area contributed by atoms with Gasteiger partial charge in [0, 0.05) is 6.20 Å². The van der Waals surface area contributed by atoms with E-state index in [2.05, 4.69) is 4.98 Å². The molecule has 0 aliphatic heterocycles. The Morgan fingerprint density at radius 1 is 0.962 bits per heavy atom. The van der Waals surface area contributed by atoms with Gasteiger partial charge < -0.3 is 14.2 Å². The Morgan fingerprint density at radius 2 is 1.69 bits per heavy atom. The van der Waals surface area contributed by atoms with Crippen LogP contribution in [-0.2, 0) is 9.47 Å². The van der Waals surface area contributed by atoms with Crippen molar-refractivity contribution >= 4 is 38.8 Å². The lowest BCUT2D eigenvalue weighted by atomic mass is 10.5. The Morgan fingerprint density at radius 3 is 2.31 bits per heavy atom. The summed E-state index contributed by atoms with van der Waals surface area (Å²) < 4.78 is 16.2. The largest absolute Gasteiger partial charge is 0.490 e. The molecule has 3 rings (SSSR count). The molecule has 0 N–H and O–H groups in total. The smallest absolute Gasteiger partial charge is 0.420 e. The molecule has 0 radical (unpaired) electrons. The highest BCUT2D eigenvalue weighted by molar-refractivity contribution is 7.16. The van der Waals surface area contributed by atoms with Crippen LogP contribution in [0.2, 0.25) is 0 Å². The molecule has 0 fully saturated rings. The fourth-order valence-corrected chi connectivity index (χ4v) is 3.61. The van der Waals surface area contributed by atoms with Crippen LogP contribution in [0.5, 0.6) is 5.75 Å². The number of anilines is 2. The molecule has 26 heavy (non-hydrogen) atoms. The quantitative estimate of drug-likeness (QED) is 0.501. The van der Waals surface area contributed by atoms with Crippen LogP contribution in [0.1, 0.15) is 0 Å². The van der Waals surface area contributed by atoms with Crippen LogP contribution in [0.25, 0.3) is 0 Å². The Balaban J connectivity index is 1.37. The Bertz CT molecular complexity index is 730. The molecule has 136 valence electrons. The minimum Gasteiger partial charge on any atom is -0.490 e. The van der Waals surface area contributed by atoms with Gasteiger partial charge in [-0.15, -0.1) is 22.7 Å². The number of hydrogen-bond donors (Lipinski definition) is 0. The number of rotatable bonds is 9. The first kappa shape index (κ1) is 18.4. The number of carbonyl (C=O) groups excluding carboxylic acids is 1. The van der Waals surface area contributed by atoms with Gasteiger partial charge in [-0.1, -0.05) is 0 Å². The van der Waals surface area contributed by atoms with Gasteiger partial charge in [0.25, 0.3) is 0 Å². The minimum atomic E-state index is -0.412. The normalized spacial score (nSPS) is 10.5. The van der Waals surface area contributed by atoms with Crippen LogP contribution in [0.4, 0.5) is 14.8 Å². The van der Waals surface area contributed by atoms with Gasteiger partial charge in [0.15, 0.2) is 0 Å². The minimum absolute atomic E-state index is 0.180. The van der Waals surface area contributed by atoms with Crippen molar-refractivity contribution in [2.75, 3.05) is 31.3 Å². The molecule has 1 amide bonds. The fourth-order valence-electron chi connectivity index (χ4n) is 2.09. The number of nitrogens with zero attached hydrogens (tertiary/aromatic N) is 2. The highest BCUT2D eigenvalue weighted by Crippen LogP contribution is 2.33. The van der Waals surface area contributed by atoms with Crippen LogP contribution >= 0.6 is 22.7 Å². The van der Waals surface area contributed by atoms with Gasteiger partial charge in [0.2, 0.25) is 0 Å². The predicted molar refractivity (Wildman–Crippen MR) is 103 cm³/mol. The fraction of sp³-hybridized carbons (Fsp3) is 0.222. The van der Waals surface area contributed by atoms with E-state index in [1.807, 2.05) is 47.2 Å². The van der Waals surface area contributed by atoms with Crippen molar-refractivity contribution in [1.82, 2.24) is 4.98 Å². The van der Waals surface area contributed by atoms with Crippen LogP contribution in [-0.4, -0.2) is 37.5 Å². The number of aromatic nitrogens is 1. The topological polar surface area (TPSA) is 60.9 Å². The molecular weight excluding hydrogens is 372 g/mol. The molecule has 3 aromatic heterocycles. The summed E-state index contributed by atoms with van der Waals surface area (Å²) in [5.74, 6) is 0.699. The van der Waals surface area contributed by atoms with E-state index in [1.54, 1.807) is 17.3 Å². The van der Waals surface area contributed by atoms with Crippen LogP contribution in [0.3, 0.4) is 0 Å². The number of carbonyl (C=O) groups is 1. The monoisotopic (exact) mass is 390 g/mol. The molecule has 0 aromatic carbocycles. The van der Waals surface area contributed by atoms with Crippen molar-refractivity contribution < 1.29 is 19.0 Å². The van der Waals surface area contributed by atoms with E-state index in [4.69, 9.17) is 14.2 Å². The number of thiophene rings is 2. The van der Waals surface area contributed by atoms with Crippen LogP contribution in [0.15, 0.2) is 59.6 Å². The van der Waals surface area contributed by atoms with E-state index in [0.717, 1.165) is 10.0 Å². The van der Waals surface area contributed by atoms with Gasteiger partial charge in [0.05, 0.1) is 19.4 Å². The summed E-state index contributed by atoms with van der Waals surface area (Å²) in [5, 5.41) is 5.50. The van der Waals surface area contributed by atoms with Crippen molar-refractivity contribution in [3.8, 4) is 5.75 Å². The summed E-state index contributed by atoms with van der Waals surface area (Å²) >= 11 is 2.97. The number of pyridine rings is 1. The van der Waals surface area contributed by atoms with E-state index < -0.39 is 6.09 Å². The molecule has 0 aliphatic rings. The molecule has 6 nitrogen and oxygen atoms in total. The maximum absolute atomic E-state index is 12.4. The molecule has 3 heterocycles. The molecule has 0 saturated heterocycles. The molecule has 0 spiro atoms. The Labute approximate surface area is 159 Å². The van der Waals surface area contributed by atoms with E-state index in [1.165, 1.54) is 22.7 Å². The third kappa shape index (κ3) is 5.29. The van der Waals surface area contributed by atoms with Gasteiger partial charge in [-0.05, 0) is 47.2 Å². The van der Waals surface area contributed by atoms with Crippen molar-refractivity contribution in [3.05, 3.63) is 59.6 Å². The summed E-state index contributed by atoms with van der Waals surface area (Å²) in [6.45, 7) is 1.31. The first-order valence-electron chi connectivity index (χ1n) is 7.99. The zero-order chi connectivity index (χ0) is 18.0. The number of amides is 1. The maximum atomic E-state index is 12.4. The highest BCUT2D eigenvalue weighted by Gasteiger charge is 2.21. The van der Waals surface area contributed by atoms with Crippen LogP contribution < -0.4 is 9.64 Å². The Hall–Kier alpha value is -2.42. The molecule has 3 aromatic rings. The third-order valence-corrected chi connectivity index (χ3v) is 4.93. The summed E-state index contributed by atoms with van der Waals surface area (Å²) in [5.41, 5.74) is 0. The first-order valence-corrected chi connectivity index (χ1v) is 9.75. The van der Waals surface area contributed by atoms with E-state index in [9.17, 15) is 4.79 Å². The second kappa shape index (κ2) is 9.91. The first-order chi connectivity index (χ1) is 12.8. The SMILES string of the molecule is O=C(OCCOCCOc1cccnc1)N(c1cccs1)c1cccs1. The average Bonchev–Trinajstić information content (AvgIpc) is 3.37. The van der Waals surface area contributed by atoms with Crippen LogP contribution in [0, 0.1) is 0 Å². The molecule has 0 bridgehead atoms. The maximum Gasteiger partial charge on any atom is 0.420 e. The van der Waals surface area contributed by atoms with Crippen molar-refractivity contribution in [2.45, 2.75) is 0 Å². The summed E-state index contributed by atoms with van der Waals surface area (Å²) in [6, 6.07) is 11.2. The predicted octanol–water partition coefficient (Wildman–Crippen LogP) is 4.57. The van der Waals surface area contributed by atoms with Gasteiger partial charge in [0.1, 0.15) is 29.0 Å². The zero-order valence-corrected chi connectivity index (χ0v) is 15.6. The van der Waals surface area contributed by atoms with Gasteiger partial charge >= 0.3 is 6.09 Å². The summed E-state index contributed by atoms with van der Waals surface area (Å²) in [4.78, 5) is 18.0. The van der Waals surface area contributed by atoms with Crippen molar-refractivity contribution in [1.29, 1.82) is 0 Å². The van der Waals surface area contributed by atoms with Gasteiger partial charge in [-0.25, -0.2) is 9.69 Å². The lowest BCUT2D eigenvalue weighted by molar-refractivity contribution is 0.0604. The summed E-state index contributed by atoms with van der Waals surface area (Å²) in [6.07, 6.45) is 2.92. The average molecular weight is 390 g/mol. The third-order valence-electron chi connectivity index (χ3n) is 3.22. The highest BCUT2D eigenvalue weighted by atomic mass is 32.1. The second-order valence-corrected chi connectivity index (χ2v) is 6.85. The molecule has 0 aliphatic carbocycles. The number of ether oxygens (including phenoxy) is 3. The van der Waals surface area contributed by atoms with E-state index in [-0.39, 0.29) is 6.61 Å². The molecular formula is C18H18N2O4S2. The van der Waals surface area contributed by atoms with Crippen molar-refractivity contribution in [3.63, 3.8) is 0 Å². The Kier molecular flexibility index (Phi) is 7.00. The molecule has 0 unspecified atom stereocenters. The lowest BCUT2D eigenvalue weighted by Gasteiger charge is -2.18. The molecule has 0 saturated carbocycles. The second-order valence-electron chi connectivity index (χ2n) is 5.00. The van der Waals surface area contributed by atoms with Gasteiger partial charge in [-0.3, -0.25) is 4.98 Å². The molecule has 0 atom stereocenters. The standard InChI is InChI=1S/C18H18N2O4S2/c21-18(20(16-5-2-12-25-16)17-6-3-13-26-17)24-11-9-22-8-10-23-15-4-1-7-19-14-15/h1-7,12-14H,8-11H2. The summed E-state index contributed by atoms with van der Waals surface area (Å²) in [7, 11) is 0. The van der Waals surface area contributed by atoms with Crippen molar-refractivity contribution in [2.24, 2.45) is 0 Å². The molecule has 8 heteroatoms. The van der Waals surface area contributed by atoms with Gasteiger partial charge in [-0.2, -0.15) is 0 Å². The number of hydrogen-bond acceptors (Lipinski definition) is 7. The zero-order valence-electron chi connectivity index (χ0n) is 13.9. The lowest BCUT2D eigenvalue weighted by Crippen LogP contribution is -2.26.